The van der Waals surface area contributed by atoms with Crippen molar-refractivity contribution >= 4 is 50.3 Å². The first kappa shape index (κ1) is 24.1. The Hall–Kier alpha value is -3.07. The van der Waals surface area contributed by atoms with E-state index in [0.717, 1.165) is 40.5 Å². The molecule has 1 aliphatic rings. The van der Waals surface area contributed by atoms with Crippen molar-refractivity contribution in [2.45, 2.75) is 52.2 Å². The van der Waals surface area contributed by atoms with Crippen molar-refractivity contribution in [3.8, 4) is 0 Å². The van der Waals surface area contributed by atoms with Gasteiger partial charge in [-0.1, -0.05) is 17.7 Å². The predicted molar refractivity (Wildman–Crippen MR) is 138 cm³/mol. The molecule has 3 N–H and O–H groups in total. The normalized spacial score (nSPS) is 16.4. The zero-order valence-corrected chi connectivity index (χ0v) is 21.5. The quantitative estimate of drug-likeness (QED) is 0.423. The van der Waals surface area contributed by atoms with E-state index in [9.17, 15) is 9.59 Å². The lowest BCUT2D eigenvalue weighted by Gasteiger charge is -2.36. The van der Waals surface area contributed by atoms with Crippen LogP contribution in [-0.4, -0.2) is 46.7 Å². The molecule has 1 aliphatic heterocycles. The van der Waals surface area contributed by atoms with Crippen LogP contribution in [0.1, 0.15) is 49.5 Å². The number of hydrogen-bond donors (Lipinski definition) is 3. The van der Waals surface area contributed by atoms with Crippen LogP contribution in [-0.2, 0) is 4.74 Å². The lowest BCUT2D eigenvalue weighted by molar-refractivity contribution is 0.0500. The topological polar surface area (TPSA) is 99.4 Å². The molecule has 0 aliphatic carbocycles. The molecule has 0 spiro atoms. The Morgan fingerprint density at radius 1 is 1.29 bits per heavy atom. The van der Waals surface area contributed by atoms with E-state index in [0.29, 0.717) is 23.4 Å². The molecular weight excluding hydrogens is 498 g/mol. The van der Waals surface area contributed by atoms with E-state index >= 15 is 0 Å². The van der Waals surface area contributed by atoms with Crippen molar-refractivity contribution in [2.75, 3.05) is 23.3 Å². The number of piperidine rings is 1. The van der Waals surface area contributed by atoms with Crippen LogP contribution >= 0.6 is 15.9 Å². The second-order valence-corrected chi connectivity index (χ2v) is 10.5. The summed E-state index contributed by atoms with van der Waals surface area (Å²) in [7, 11) is 0. The minimum Gasteiger partial charge on any atom is -0.444 e. The molecule has 3 heterocycles. The number of fused-ring (bicyclic) bond motifs is 1. The molecule has 34 heavy (non-hydrogen) atoms. The van der Waals surface area contributed by atoms with E-state index in [1.54, 1.807) is 18.5 Å². The van der Waals surface area contributed by atoms with E-state index in [-0.39, 0.29) is 11.9 Å². The first-order valence-electron chi connectivity index (χ1n) is 11.4. The number of rotatable bonds is 4. The van der Waals surface area contributed by atoms with Crippen molar-refractivity contribution in [3.05, 3.63) is 52.3 Å². The molecule has 1 atom stereocenters. The first-order valence-corrected chi connectivity index (χ1v) is 12.2. The zero-order valence-electron chi connectivity index (χ0n) is 19.9. The van der Waals surface area contributed by atoms with Gasteiger partial charge in [-0.05, 0) is 68.6 Å². The van der Waals surface area contributed by atoms with E-state index in [4.69, 9.17) is 4.74 Å². The summed E-state index contributed by atoms with van der Waals surface area (Å²) in [6.45, 7) is 8.95. The highest BCUT2D eigenvalue weighted by atomic mass is 79.9. The van der Waals surface area contributed by atoms with Crippen LogP contribution in [0.2, 0.25) is 0 Å². The molecule has 2 aromatic heterocycles. The number of anilines is 2. The molecule has 4 rings (SSSR count). The summed E-state index contributed by atoms with van der Waals surface area (Å²) in [5.74, 6) is -0.182. The Morgan fingerprint density at radius 3 is 2.82 bits per heavy atom. The number of aryl methyl sites for hydroxylation is 1. The second-order valence-electron chi connectivity index (χ2n) is 9.64. The largest absolute Gasteiger partial charge is 0.444 e. The highest BCUT2D eigenvalue weighted by Crippen LogP contribution is 2.39. The van der Waals surface area contributed by atoms with Crippen molar-refractivity contribution in [3.63, 3.8) is 0 Å². The molecule has 0 bridgehead atoms. The third kappa shape index (κ3) is 5.52. The van der Waals surface area contributed by atoms with Gasteiger partial charge in [-0.25, -0.2) is 9.78 Å². The van der Waals surface area contributed by atoms with E-state index in [1.165, 1.54) is 0 Å². The van der Waals surface area contributed by atoms with E-state index in [2.05, 4.69) is 41.4 Å². The molecule has 0 saturated carbocycles. The van der Waals surface area contributed by atoms with Crippen molar-refractivity contribution in [2.24, 2.45) is 0 Å². The lowest BCUT2D eigenvalue weighted by atomic mass is 10.0. The van der Waals surface area contributed by atoms with Gasteiger partial charge in [0.05, 0.1) is 21.2 Å². The Morgan fingerprint density at radius 2 is 2.09 bits per heavy atom. The van der Waals surface area contributed by atoms with Gasteiger partial charge in [0.15, 0.2) is 0 Å². The summed E-state index contributed by atoms with van der Waals surface area (Å²) < 4.78 is 6.26. The summed E-state index contributed by atoms with van der Waals surface area (Å²) in [5.41, 5.74) is 3.34. The lowest BCUT2D eigenvalue weighted by Crippen LogP contribution is -2.49. The predicted octanol–water partition coefficient (Wildman–Crippen LogP) is 5.38. The third-order valence-electron chi connectivity index (χ3n) is 5.62. The van der Waals surface area contributed by atoms with Gasteiger partial charge in [-0.3, -0.25) is 4.79 Å². The third-order valence-corrected chi connectivity index (χ3v) is 6.20. The zero-order chi connectivity index (χ0) is 24.5. The molecule has 1 unspecified atom stereocenters. The van der Waals surface area contributed by atoms with Crippen molar-refractivity contribution in [1.29, 1.82) is 0 Å². The molecule has 1 aromatic carbocycles. The Labute approximate surface area is 207 Å². The Kier molecular flexibility index (Phi) is 6.84. The van der Waals surface area contributed by atoms with Crippen LogP contribution in [0.15, 0.2) is 41.1 Å². The van der Waals surface area contributed by atoms with Crippen LogP contribution in [0, 0.1) is 6.92 Å². The number of aromatic nitrogens is 2. The second kappa shape index (κ2) is 9.66. The molecule has 9 heteroatoms. The van der Waals surface area contributed by atoms with Gasteiger partial charge < -0.3 is 25.3 Å². The Balaban J connectivity index is 1.60. The van der Waals surface area contributed by atoms with E-state index < -0.39 is 11.7 Å². The van der Waals surface area contributed by atoms with Crippen LogP contribution in [0.5, 0.6) is 0 Å². The van der Waals surface area contributed by atoms with Gasteiger partial charge >= 0.3 is 6.09 Å². The highest BCUT2D eigenvalue weighted by Gasteiger charge is 2.27. The number of hydrogen-bond acceptors (Lipinski definition) is 5. The smallest absolute Gasteiger partial charge is 0.407 e. The molecule has 180 valence electrons. The maximum atomic E-state index is 12.9. The number of ether oxygens (including phenoxy) is 1. The SMILES string of the molecule is Cc1cccc(C(=O)Nc2c[nH]c3ncc(Br)c(N4CCCC(NC(=O)OC(C)(C)C)C4)c23)c1. The number of halogens is 1. The molecular formula is C25H30BrN5O3. The van der Waals surface area contributed by atoms with Gasteiger partial charge in [0.2, 0.25) is 0 Å². The fourth-order valence-corrected chi connectivity index (χ4v) is 4.77. The van der Waals surface area contributed by atoms with Crippen molar-refractivity contribution in [1.82, 2.24) is 15.3 Å². The summed E-state index contributed by atoms with van der Waals surface area (Å²) in [6.07, 6.45) is 4.89. The van der Waals surface area contributed by atoms with Crippen LogP contribution < -0.4 is 15.5 Å². The molecule has 8 nitrogen and oxygen atoms in total. The maximum Gasteiger partial charge on any atom is 0.407 e. The van der Waals surface area contributed by atoms with Gasteiger partial charge in [0.25, 0.3) is 5.91 Å². The molecule has 0 radical (unpaired) electrons. The fraction of sp³-hybridized carbons (Fsp3) is 0.400. The number of alkyl carbamates (subject to hydrolysis) is 1. The van der Waals surface area contributed by atoms with Crippen LogP contribution in [0.4, 0.5) is 16.2 Å². The number of nitrogens with one attached hydrogen (secondary N) is 3. The number of carbonyl (C=O) groups is 2. The number of aromatic amines is 1. The number of benzene rings is 1. The number of H-pyrrole nitrogens is 1. The fourth-order valence-electron chi connectivity index (χ4n) is 4.22. The maximum absolute atomic E-state index is 12.9. The Bertz CT molecular complexity index is 1220. The molecule has 2 amide bonds. The summed E-state index contributed by atoms with van der Waals surface area (Å²) in [4.78, 5) is 35.1. The van der Waals surface area contributed by atoms with Gasteiger partial charge in [0, 0.05) is 37.1 Å². The minimum absolute atomic E-state index is 0.0528. The molecule has 1 saturated heterocycles. The summed E-state index contributed by atoms with van der Waals surface area (Å²) >= 11 is 3.66. The van der Waals surface area contributed by atoms with Gasteiger partial charge in [-0.2, -0.15) is 0 Å². The number of nitrogens with zero attached hydrogens (tertiary/aromatic N) is 2. The number of carbonyl (C=O) groups excluding carboxylic acids is 2. The standard InChI is InChI=1S/C25H30BrN5O3/c1-15-7-5-8-16(11-15)23(32)30-19-13-28-22-20(19)21(18(26)12-27-22)31-10-6-9-17(14-31)29-24(33)34-25(2,3)4/h5,7-8,11-13,17H,6,9-10,14H2,1-4H3,(H,27,28)(H,29,33)(H,30,32). The average Bonchev–Trinajstić information content (AvgIpc) is 3.15. The van der Waals surface area contributed by atoms with Crippen LogP contribution in [0.3, 0.4) is 0 Å². The summed E-state index contributed by atoms with van der Waals surface area (Å²) in [5, 5.41) is 6.86. The highest BCUT2D eigenvalue weighted by molar-refractivity contribution is 9.10. The molecule has 1 fully saturated rings. The van der Waals surface area contributed by atoms with Crippen LogP contribution in [0.25, 0.3) is 11.0 Å². The summed E-state index contributed by atoms with van der Waals surface area (Å²) in [6, 6.07) is 7.43. The molecule has 3 aromatic rings. The number of amides is 2. The van der Waals surface area contributed by atoms with E-state index in [1.807, 2.05) is 45.9 Å². The average molecular weight is 528 g/mol. The van der Waals surface area contributed by atoms with Crippen molar-refractivity contribution < 1.29 is 14.3 Å². The number of pyridine rings is 1. The van der Waals surface area contributed by atoms with Gasteiger partial charge in [0.1, 0.15) is 11.2 Å². The monoisotopic (exact) mass is 527 g/mol. The first-order chi connectivity index (χ1) is 16.1. The van der Waals surface area contributed by atoms with Gasteiger partial charge in [-0.15, -0.1) is 0 Å². The minimum atomic E-state index is -0.547.